The Balaban J connectivity index is 1.85. The first kappa shape index (κ1) is 23.1. The molecule has 0 unspecified atom stereocenters. The molecule has 0 saturated carbocycles. The van der Waals surface area contributed by atoms with Crippen LogP contribution in [0.4, 0.5) is 0 Å². The second-order valence-corrected chi connectivity index (χ2v) is 7.88. The van der Waals surface area contributed by atoms with Crippen LogP contribution in [0.5, 0.6) is 17.2 Å². The number of methoxy groups -OCH3 is 2. The van der Waals surface area contributed by atoms with Gasteiger partial charge in [-0.2, -0.15) is 0 Å². The highest BCUT2D eigenvalue weighted by molar-refractivity contribution is 6.61. The molecule has 2 aromatic rings. The van der Waals surface area contributed by atoms with Gasteiger partial charge in [-0.25, -0.2) is 0 Å². The second-order valence-electron chi connectivity index (χ2n) is 7.88. The summed E-state index contributed by atoms with van der Waals surface area (Å²) in [6, 6.07) is 13.7. The van der Waals surface area contributed by atoms with Gasteiger partial charge in [0.15, 0.2) is 0 Å². The molecule has 0 aromatic heterocycles. The van der Waals surface area contributed by atoms with E-state index in [1.165, 1.54) is 14.2 Å². The molecule has 2 N–H and O–H groups in total. The van der Waals surface area contributed by atoms with E-state index < -0.39 is 7.12 Å². The van der Waals surface area contributed by atoms with Gasteiger partial charge in [-0.1, -0.05) is 51.3 Å². The molecule has 0 atom stereocenters. The average Bonchev–Trinajstić information content (AvgIpc) is 2.72. The monoisotopic (exact) mass is 400 g/mol. The molecule has 0 aliphatic carbocycles. The van der Waals surface area contributed by atoms with E-state index in [0.717, 1.165) is 50.0 Å². The Kier molecular flexibility index (Phi) is 8.86. The highest BCUT2D eigenvalue weighted by Crippen LogP contribution is 2.34. The Hall–Kier alpha value is -2.18. The normalized spacial score (nSPS) is 11.2. The van der Waals surface area contributed by atoms with Crippen LogP contribution in [0.25, 0.3) is 0 Å². The zero-order valence-electron chi connectivity index (χ0n) is 18.0. The van der Waals surface area contributed by atoms with Crippen molar-refractivity contribution in [1.29, 1.82) is 0 Å². The largest absolute Gasteiger partial charge is 0.497 e. The lowest BCUT2D eigenvalue weighted by Gasteiger charge is -2.27. The Morgan fingerprint density at radius 1 is 0.862 bits per heavy atom. The quantitative estimate of drug-likeness (QED) is 0.420. The summed E-state index contributed by atoms with van der Waals surface area (Å²) in [7, 11) is 1.40. The van der Waals surface area contributed by atoms with E-state index >= 15 is 0 Å². The Bertz CT molecular complexity index is 721. The summed E-state index contributed by atoms with van der Waals surface area (Å²) < 4.78 is 16.5. The summed E-state index contributed by atoms with van der Waals surface area (Å²) in [6.07, 6.45) is 5.43. The zero-order valence-corrected chi connectivity index (χ0v) is 18.0. The highest BCUT2D eigenvalue weighted by atomic mass is 16.5. The van der Waals surface area contributed by atoms with Gasteiger partial charge in [0.25, 0.3) is 0 Å². The molecule has 0 aliphatic heterocycles. The molecule has 0 bridgehead atoms. The molecule has 5 nitrogen and oxygen atoms in total. The fourth-order valence-electron chi connectivity index (χ4n) is 3.46. The van der Waals surface area contributed by atoms with Crippen molar-refractivity contribution in [3.8, 4) is 17.2 Å². The van der Waals surface area contributed by atoms with Crippen molar-refractivity contribution in [3.63, 3.8) is 0 Å². The third-order valence-corrected chi connectivity index (χ3v) is 5.29. The number of benzene rings is 2. The van der Waals surface area contributed by atoms with Crippen LogP contribution in [0.3, 0.4) is 0 Å². The maximum absolute atomic E-state index is 9.64. The van der Waals surface area contributed by atoms with Crippen LogP contribution in [-0.4, -0.2) is 38.0 Å². The van der Waals surface area contributed by atoms with Gasteiger partial charge < -0.3 is 24.3 Å². The summed E-state index contributed by atoms with van der Waals surface area (Å²) in [6.45, 7) is 5.12. The van der Waals surface area contributed by atoms with Crippen molar-refractivity contribution < 1.29 is 24.3 Å². The number of unbranched alkanes of at least 4 members (excludes halogenated alkanes) is 3. The van der Waals surface area contributed by atoms with Crippen molar-refractivity contribution >= 4 is 12.6 Å². The first-order valence-electron chi connectivity index (χ1n) is 10.2. The third kappa shape index (κ3) is 6.69. The lowest BCUT2D eigenvalue weighted by molar-refractivity contribution is 0.303. The van der Waals surface area contributed by atoms with Gasteiger partial charge in [0.1, 0.15) is 17.2 Å². The minimum absolute atomic E-state index is 0.0833. The summed E-state index contributed by atoms with van der Waals surface area (Å²) in [5, 5.41) is 19.3. The predicted molar refractivity (Wildman–Crippen MR) is 117 cm³/mol. The van der Waals surface area contributed by atoms with E-state index in [9.17, 15) is 10.0 Å². The topological polar surface area (TPSA) is 68.2 Å². The van der Waals surface area contributed by atoms with Crippen LogP contribution < -0.4 is 19.7 Å². The summed E-state index contributed by atoms with van der Waals surface area (Å²) in [5.41, 5.74) is 1.23. The van der Waals surface area contributed by atoms with Gasteiger partial charge in [0.05, 0.1) is 26.3 Å². The molecular weight excluding hydrogens is 367 g/mol. The standard InChI is InChI=1S/C23H33BO5/c1-23(2,14-10-5-6-11-15-29-19-12-8-7-9-13-19)18-16-20(27-3)22(24(25)26)21(17-18)28-4/h7-9,12-13,16-17,25-26H,5-6,10-11,14-15H2,1-4H3. The first-order chi connectivity index (χ1) is 13.9. The van der Waals surface area contributed by atoms with Crippen molar-refractivity contribution in [2.24, 2.45) is 0 Å². The van der Waals surface area contributed by atoms with Crippen molar-refractivity contribution in [1.82, 2.24) is 0 Å². The van der Waals surface area contributed by atoms with Crippen LogP contribution >= 0.6 is 0 Å². The molecule has 0 aliphatic rings. The molecule has 6 heteroatoms. The molecule has 158 valence electrons. The van der Waals surface area contributed by atoms with E-state index in [1.54, 1.807) is 0 Å². The second kappa shape index (κ2) is 11.1. The number of ether oxygens (including phenoxy) is 3. The zero-order chi connectivity index (χ0) is 21.3. The maximum atomic E-state index is 9.64. The molecule has 0 amide bonds. The lowest BCUT2D eigenvalue weighted by Crippen LogP contribution is -2.33. The number of hydrogen-bond donors (Lipinski definition) is 2. The van der Waals surface area contributed by atoms with Gasteiger partial charge in [-0.3, -0.25) is 0 Å². The highest BCUT2D eigenvalue weighted by Gasteiger charge is 2.28. The average molecular weight is 400 g/mol. The van der Waals surface area contributed by atoms with E-state index in [2.05, 4.69) is 13.8 Å². The van der Waals surface area contributed by atoms with Crippen LogP contribution in [0.1, 0.15) is 51.5 Å². The van der Waals surface area contributed by atoms with Crippen molar-refractivity contribution in [3.05, 3.63) is 48.0 Å². The molecule has 0 heterocycles. The number of rotatable bonds is 12. The van der Waals surface area contributed by atoms with Crippen molar-refractivity contribution in [2.45, 2.75) is 51.4 Å². The van der Waals surface area contributed by atoms with E-state index in [4.69, 9.17) is 14.2 Å². The number of para-hydroxylation sites is 1. The van der Waals surface area contributed by atoms with E-state index in [0.29, 0.717) is 11.5 Å². The molecule has 0 spiro atoms. The fourth-order valence-corrected chi connectivity index (χ4v) is 3.46. The Morgan fingerprint density at radius 2 is 1.45 bits per heavy atom. The lowest BCUT2D eigenvalue weighted by atomic mass is 9.74. The minimum Gasteiger partial charge on any atom is -0.497 e. The molecule has 2 aromatic carbocycles. The molecule has 29 heavy (non-hydrogen) atoms. The number of hydrogen-bond acceptors (Lipinski definition) is 5. The molecule has 0 saturated heterocycles. The summed E-state index contributed by atoms with van der Waals surface area (Å²) in [4.78, 5) is 0. The van der Waals surface area contributed by atoms with E-state index in [1.807, 2.05) is 42.5 Å². The van der Waals surface area contributed by atoms with Gasteiger partial charge in [-0.15, -0.1) is 0 Å². The van der Waals surface area contributed by atoms with E-state index in [-0.39, 0.29) is 10.9 Å². The van der Waals surface area contributed by atoms with Crippen LogP contribution in [0.2, 0.25) is 0 Å². The van der Waals surface area contributed by atoms with Crippen LogP contribution in [-0.2, 0) is 5.41 Å². The Morgan fingerprint density at radius 3 is 2.00 bits per heavy atom. The molecule has 0 fully saturated rings. The minimum atomic E-state index is -1.64. The molecular formula is C23H33BO5. The van der Waals surface area contributed by atoms with Gasteiger partial charge in [-0.05, 0) is 48.1 Å². The van der Waals surface area contributed by atoms with Gasteiger partial charge >= 0.3 is 7.12 Å². The Labute approximate surface area is 174 Å². The van der Waals surface area contributed by atoms with Crippen molar-refractivity contribution in [2.75, 3.05) is 20.8 Å². The fraction of sp³-hybridized carbons (Fsp3) is 0.478. The maximum Gasteiger partial charge on any atom is 0.496 e. The summed E-state index contributed by atoms with van der Waals surface area (Å²) >= 11 is 0. The summed E-state index contributed by atoms with van der Waals surface area (Å²) in [5.74, 6) is 1.79. The predicted octanol–water partition coefficient (Wildman–Crippen LogP) is 3.69. The third-order valence-electron chi connectivity index (χ3n) is 5.29. The van der Waals surface area contributed by atoms with Crippen LogP contribution in [0, 0.1) is 0 Å². The molecule has 2 rings (SSSR count). The smallest absolute Gasteiger partial charge is 0.496 e. The van der Waals surface area contributed by atoms with Crippen LogP contribution in [0.15, 0.2) is 42.5 Å². The van der Waals surface area contributed by atoms with Gasteiger partial charge in [0.2, 0.25) is 0 Å². The van der Waals surface area contributed by atoms with Gasteiger partial charge in [0, 0.05) is 0 Å². The SMILES string of the molecule is COc1cc(C(C)(C)CCCCCCOc2ccccc2)cc(OC)c1B(O)O. The molecule has 0 radical (unpaired) electrons. The first-order valence-corrected chi connectivity index (χ1v) is 10.2.